The minimum Gasteiger partial charge on any atom is -0.370 e. The van der Waals surface area contributed by atoms with E-state index in [1.165, 1.54) is 25.0 Å². The summed E-state index contributed by atoms with van der Waals surface area (Å²) in [5.74, 6) is 0.728. The second kappa shape index (κ2) is 8.23. The van der Waals surface area contributed by atoms with Gasteiger partial charge in [-0.1, -0.05) is 30.1 Å². The maximum absolute atomic E-state index is 13.2. The van der Waals surface area contributed by atoms with Gasteiger partial charge in [-0.15, -0.1) is 24.0 Å². The Hall–Kier alpha value is -1.71. The zero-order valence-corrected chi connectivity index (χ0v) is 14.9. The third kappa shape index (κ3) is 4.88. The first kappa shape index (κ1) is 17.6. The molecular formula is C15H19FIN5O. The third-order valence-electron chi connectivity index (χ3n) is 3.64. The number of nitrogens with two attached hydrogens (primary N) is 1. The highest BCUT2D eigenvalue weighted by Crippen LogP contribution is 2.18. The molecular weight excluding hydrogens is 412 g/mol. The van der Waals surface area contributed by atoms with Gasteiger partial charge in [-0.05, 0) is 25.0 Å². The van der Waals surface area contributed by atoms with Crippen LogP contribution in [0, 0.1) is 5.82 Å². The number of rotatable bonds is 4. The Morgan fingerprint density at radius 2 is 2.17 bits per heavy atom. The van der Waals surface area contributed by atoms with Gasteiger partial charge >= 0.3 is 0 Å². The number of halogens is 2. The Balaban J connectivity index is 0.00000192. The quantitative estimate of drug-likeness (QED) is 0.442. The molecule has 23 heavy (non-hydrogen) atoms. The van der Waals surface area contributed by atoms with Crippen molar-refractivity contribution in [1.82, 2.24) is 15.5 Å². The lowest BCUT2D eigenvalue weighted by molar-refractivity contribution is 0.380. The molecule has 1 aliphatic carbocycles. The molecule has 8 heteroatoms. The average molecular weight is 431 g/mol. The molecule has 0 bridgehead atoms. The summed E-state index contributed by atoms with van der Waals surface area (Å²) in [6, 6.07) is 6.45. The van der Waals surface area contributed by atoms with E-state index in [2.05, 4.69) is 20.4 Å². The second-order valence-corrected chi connectivity index (χ2v) is 5.35. The van der Waals surface area contributed by atoms with E-state index in [0.29, 0.717) is 29.3 Å². The second-order valence-electron chi connectivity index (χ2n) is 5.35. The van der Waals surface area contributed by atoms with Crippen LogP contribution in [0.25, 0.3) is 11.4 Å². The molecule has 124 valence electrons. The topological polar surface area (TPSA) is 89.3 Å². The van der Waals surface area contributed by atoms with E-state index < -0.39 is 0 Å². The summed E-state index contributed by atoms with van der Waals surface area (Å²) in [6.07, 6.45) is 4.71. The van der Waals surface area contributed by atoms with Crippen molar-refractivity contribution in [2.45, 2.75) is 38.3 Å². The maximum Gasteiger partial charge on any atom is 0.248 e. The Morgan fingerprint density at radius 3 is 2.91 bits per heavy atom. The molecule has 1 fully saturated rings. The number of benzene rings is 1. The van der Waals surface area contributed by atoms with Crippen LogP contribution < -0.4 is 11.1 Å². The molecule has 1 aromatic carbocycles. The highest BCUT2D eigenvalue weighted by molar-refractivity contribution is 14.0. The molecule has 2 aromatic rings. The standard InChI is InChI=1S/C15H18FN5O.HI/c16-11-5-3-4-10(8-11)14-20-13(22-21-14)9-18-15(17)19-12-6-1-2-7-12;/h3-5,8,12H,1-2,6-7,9H2,(H3,17,18,19);1H. The van der Waals surface area contributed by atoms with Gasteiger partial charge in [0.1, 0.15) is 12.4 Å². The minimum absolute atomic E-state index is 0. The van der Waals surface area contributed by atoms with Crippen LogP contribution in [0.5, 0.6) is 0 Å². The lowest BCUT2D eigenvalue weighted by Gasteiger charge is -2.11. The summed E-state index contributed by atoms with van der Waals surface area (Å²) in [5, 5.41) is 7.01. The largest absolute Gasteiger partial charge is 0.370 e. The molecule has 1 saturated carbocycles. The Bertz CT molecular complexity index is 669. The van der Waals surface area contributed by atoms with Crippen molar-refractivity contribution < 1.29 is 8.91 Å². The van der Waals surface area contributed by atoms with Gasteiger partial charge in [-0.2, -0.15) is 4.98 Å². The van der Waals surface area contributed by atoms with E-state index in [9.17, 15) is 4.39 Å². The number of aliphatic imine (C=N–C) groups is 1. The van der Waals surface area contributed by atoms with Crippen molar-refractivity contribution in [2.24, 2.45) is 10.7 Å². The number of aromatic nitrogens is 2. The van der Waals surface area contributed by atoms with Crippen molar-refractivity contribution >= 4 is 29.9 Å². The molecule has 1 aromatic heterocycles. The fourth-order valence-electron chi connectivity index (χ4n) is 2.54. The SMILES string of the molecule is I.NC(=NCc1nc(-c2cccc(F)c2)no1)NC1CCCC1. The van der Waals surface area contributed by atoms with Crippen LogP contribution >= 0.6 is 24.0 Å². The van der Waals surface area contributed by atoms with Gasteiger partial charge in [-0.25, -0.2) is 9.38 Å². The van der Waals surface area contributed by atoms with Crippen LogP contribution in [-0.2, 0) is 6.54 Å². The Labute approximate surface area is 150 Å². The van der Waals surface area contributed by atoms with Gasteiger partial charge in [0, 0.05) is 11.6 Å². The molecule has 0 unspecified atom stereocenters. The van der Waals surface area contributed by atoms with E-state index in [4.69, 9.17) is 10.3 Å². The van der Waals surface area contributed by atoms with Crippen molar-refractivity contribution in [1.29, 1.82) is 0 Å². The van der Waals surface area contributed by atoms with Crippen molar-refractivity contribution in [3.05, 3.63) is 36.0 Å². The number of hydrogen-bond donors (Lipinski definition) is 2. The lowest BCUT2D eigenvalue weighted by atomic mass is 10.2. The normalized spacial score (nSPS) is 15.4. The molecule has 3 N–H and O–H groups in total. The van der Waals surface area contributed by atoms with Crippen molar-refractivity contribution in [2.75, 3.05) is 0 Å². The molecule has 0 aliphatic heterocycles. The Morgan fingerprint density at radius 1 is 1.39 bits per heavy atom. The summed E-state index contributed by atoms with van der Waals surface area (Å²) in [6.45, 7) is 0.202. The average Bonchev–Trinajstić information content (AvgIpc) is 3.16. The Kier molecular flexibility index (Phi) is 6.31. The van der Waals surface area contributed by atoms with E-state index in [1.807, 2.05) is 0 Å². The minimum atomic E-state index is -0.341. The summed E-state index contributed by atoms with van der Waals surface area (Å²) in [5.41, 5.74) is 6.40. The van der Waals surface area contributed by atoms with Gasteiger partial charge in [0.25, 0.3) is 0 Å². The summed E-state index contributed by atoms with van der Waals surface area (Å²) >= 11 is 0. The predicted octanol–water partition coefficient (Wildman–Crippen LogP) is 2.84. The van der Waals surface area contributed by atoms with Gasteiger partial charge in [0.2, 0.25) is 11.7 Å². The molecule has 0 amide bonds. The van der Waals surface area contributed by atoms with E-state index in [-0.39, 0.29) is 36.3 Å². The first-order valence-electron chi connectivity index (χ1n) is 7.36. The third-order valence-corrected chi connectivity index (χ3v) is 3.64. The monoisotopic (exact) mass is 431 g/mol. The van der Waals surface area contributed by atoms with Crippen LogP contribution in [0.15, 0.2) is 33.8 Å². The predicted molar refractivity (Wildman–Crippen MR) is 95.8 cm³/mol. The number of guanidine groups is 1. The van der Waals surface area contributed by atoms with Gasteiger partial charge < -0.3 is 15.6 Å². The first-order chi connectivity index (χ1) is 10.7. The summed E-state index contributed by atoms with van der Waals surface area (Å²) in [7, 11) is 0. The molecule has 0 spiro atoms. The van der Waals surface area contributed by atoms with Crippen LogP contribution in [0.3, 0.4) is 0 Å². The zero-order valence-electron chi connectivity index (χ0n) is 12.5. The highest BCUT2D eigenvalue weighted by Gasteiger charge is 2.15. The molecule has 6 nitrogen and oxygen atoms in total. The van der Waals surface area contributed by atoms with Gasteiger partial charge in [0.05, 0.1) is 0 Å². The van der Waals surface area contributed by atoms with Crippen molar-refractivity contribution in [3.63, 3.8) is 0 Å². The fraction of sp³-hybridized carbons (Fsp3) is 0.400. The van der Waals surface area contributed by atoms with Crippen LogP contribution in [-0.4, -0.2) is 22.1 Å². The maximum atomic E-state index is 13.2. The van der Waals surface area contributed by atoms with Crippen molar-refractivity contribution in [3.8, 4) is 11.4 Å². The van der Waals surface area contributed by atoms with Gasteiger partial charge in [-0.3, -0.25) is 0 Å². The molecule has 0 radical (unpaired) electrons. The van der Waals surface area contributed by atoms with Crippen LogP contribution in [0.2, 0.25) is 0 Å². The lowest BCUT2D eigenvalue weighted by Crippen LogP contribution is -2.38. The summed E-state index contributed by atoms with van der Waals surface area (Å²) in [4.78, 5) is 8.39. The smallest absolute Gasteiger partial charge is 0.248 e. The molecule has 0 saturated heterocycles. The highest BCUT2D eigenvalue weighted by atomic mass is 127. The fourth-order valence-corrected chi connectivity index (χ4v) is 2.54. The van der Waals surface area contributed by atoms with E-state index >= 15 is 0 Å². The number of nitrogens with zero attached hydrogens (tertiary/aromatic N) is 3. The molecule has 1 heterocycles. The number of nitrogens with one attached hydrogen (secondary N) is 1. The zero-order chi connectivity index (χ0) is 15.4. The first-order valence-corrected chi connectivity index (χ1v) is 7.36. The van der Waals surface area contributed by atoms with E-state index in [0.717, 1.165) is 12.8 Å². The molecule has 0 atom stereocenters. The van der Waals surface area contributed by atoms with Crippen LogP contribution in [0.1, 0.15) is 31.6 Å². The van der Waals surface area contributed by atoms with E-state index in [1.54, 1.807) is 12.1 Å². The number of hydrogen-bond acceptors (Lipinski definition) is 4. The van der Waals surface area contributed by atoms with Crippen LogP contribution in [0.4, 0.5) is 4.39 Å². The molecule has 3 rings (SSSR count). The van der Waals surface area contributed by atoms with Gasteiger partial charge in [0.15, 0.2) is 5.96 Å². The summed E-state index contributed by atoms with van der Waals surface area (Å²) < 4.78 is 18.3. The molecule has 1 aliphatic rings.